The van der Waals surface area contributed by atoms with Crippen LogP contribution in [0.3, 0.4) is 0 Å². The van der Waals surface area contributed by atoms with Gasteiger partial charge in [-0.2, -0.15) is 4.31 Å². The number of hydrogen-bond donors (Lipinski definition) is 0. The van der Waals surface area contributed by atoms with Crippen molar-refractivity contribution in [2.45, 2.75) is 6.92 Å². The van der Waals surface area contributed by atoms with Crippen molar-refractivity contribution in [2.75, 3.05) is 75.0 Å². The van der Waals surface area contributed by atoms with Crippen molar-refractivity contribution >= 4 is 21.7 Å². The van der Waals surface area contributed by atoms with E-state index in [2.05, 4.69) is 31.7 Å². The SMILES string of the molecule is CCS(=O)(=O)N1CCN(c2cc(N3CCN(C)CC3)ncn2)CC1. The van der Waals surface area contributed by atoms with Gasteiger partial charge < -0.3 is 14.7 Å². The lowest BCUT2D eigenvalue weighted by Crippen LogP contribution is -2.49. The first-order valence-corrected chi connectivity index (χ1v) is 10.1. The second-order valence-corrected chi connectivity index (χ2v) is 8.57. The summed E-state index contributed by atoms with van der Waals surface area (Å²) in [5.41, 5.74) is 0. The molecule has 9 heteroatoms. The lowest BCUT2D eigenvalue weighted by Gasteiger charge is -2.36. The van der Waals surface area contributed by atoms with E-state index in [1.807, 2.05) is 6.07 Å². The summed E-state index contributed by atoms with van der Waals surface area (Å²) in [6.07, 6.45) is 1.61. The summed E-state index contributed by atoms with van der Waals surface area (Å²) in [6, 6.07) is 2.02. The van der Waals surface area contributed by atoms with E-state index >= 15 is 0 Å². The molecule has 2 aliphatic rings. The molecule has 3 heterocycles. The molecule has 2 fully saturated rings. The van der Waals surface area contributed by atoms with Gasteiger partial charge in [0.15, 0.2) is 0 Å². The predicted octanol–water partition coefficient (Wildman–Crippen LogP) is -0.300. The van der Waals surface area contributed by atoms with Crippen LogP contribution in [-0.2, 0) is 10.0 Å². The Labute approximate surface area is 144 Å². The highest BCUT2D eigenvalue weighted by atomic mass is 32.2. The number of piperazine rings is 2. The number of rotatable bonds is 4. The predicted molar refractivity (Wildman–Crippen MR) is 95.0 cm³/mol. The van der Waals surface area contributed by atoms with Gasteiger partial charge in [-0.1, -0.05) is 0 Å². The molecule has 2 saturated heterocycles. The highest BCUT2D eigenvalue weighted by Gasteiger charge is 2.26. The Morgan fingerprint density at radius 3 is 1.92 bits per heavy atom. The second kappa shape index (κ2) is 7.20. The van der Waals surface area contributed by atoms with Gasteiger partial charge in [0.25, 0.3) is 0 Å². The first kappa shape index (κ1) is 17.4. The Morgan fingerprint density at radius 1 is 0.917 bits per heavy atom. The molecule has 1 aromatic heterocycles. The normalized spacial score (nSPS) is 21.2. The Balaban J connectivity index is 1.65. The Morgan fingerprint density at radius 2 is 1.42 bits per heavy atom. The van der Waals surface area contributed by atoms with E-state index in [1.165, 1.54) is 0 Å². The van der Waals surface area contributed by atoms with Crippen LogP contribution in [0.15, 0.2) is 12.4 Å². The summed E-state index contributed by atoms with van der Waals surface area (Å²) >= 11 is 0. The van der Waals surface area contributed by atoms with Gasteiger partial charge in [0.05, 0.1) is 5.75 Å². The van der Waals surface area contributed by atoms with Gasteiger partial charge in [-0.15, -0.1) is 0 Å². The molecule has 0 atom stereocenters. The van der Waals surface area contributed by atoms with E-state index in [1.54, 1.807) is 17.6 Å². The topological polar surface area (TPSA) is 72.9 Å². The molecular formula is C15H26N6O2S. The molecule has 0 aliphatic carbocycles. The van der Waals surface area contributed by atoms with Crippen LogP contribution in [0.4, 0.5) is 11.6 Å². The zero-order valence-electron chi connectivity index (χ0n) is 14.4. The molecule has 2 aliphatic heterocycles. The van der Waals surface area contributed by atoms with Crippen LogP contribution in [-0.4, -0.2) is 92.7 Å². The summed E-state index contributed by atoms with van der Waals surface area (Å²) < 4.78 is 25.5. The van der Waals surface area contributed by atoms with Crippen LogP contribution in [0.2, 0.25) is 0 Å². The third-order valence-corrected chi connectivity index (χ3v) is 6.67. The van der Waals surface area contributed by atoms with E-state index in [0.29, 0.717) is 26.2 Å². The average Bonchev–Trinajstić information content (AvgIpc) is 2.62. The molecular weight excluding hydrogens is 328 g/mol. The smallest absolute Gasteiger partial charge is 0.213 e. The standard InChI is InChI=1S/C15H26N6O2S/c1-3-24(22,23)21-10-8-20(9-11-21)15-12-14(16-13-17-15)19-6-4-18(2)5-7-19/h12-13H,3-11H2,1-2H3. The fourth-order valence-corrected chi connectivity index (χ4v) is 4.18. The van der Waals surface area contributed by atoms with Crippen LogP contribution < -0.4 is 9.80 Å². The lowest BCUT2D eigenvalue weighted by atomic mass is 10.3. The molecule has 0 radical (unpaired) electrons. The maximum absolute atomic E-state index is 12.0. The van der Waals surface area contributed by atoms with Crippen molar-refractivity contribution in [3.8, 4) is 0 Å². The molecule has 24 heavy (non-hydrogen) atoms. The summed E-state index contributed by atoms with van der Waals surface area (Å²) in [6.45, 7) is 8.06. The molecule has 0 saturated carbocycles. The lowest BCUT2D eigenvalue weighted by molar-refractivity contribution is 0.312. The van der Waals surface area contributed by atoms with Gasteiger partial charge in [-0.25, -0.2) is 18.4 Å². The third kappa shape index (κ3) is 3.79. The van der Waals surface area contributed by atoms with Crippen LogP contribution in [0.1, 0.15) is 6.92 Å². The van der Waals surface area contributed by atoms with Crippen molar-refractivity contribution in [3.63, 3.8) is 0 Å². The Bertz CT molecular complexity index is 652. The van der Waals surface area contributed by atoms with Gasteiger partial charge in [-0.3, -0.25) is 0 Å². The van der Waals surface area contributed by atoms with Crippen LogP contribution in [0.25, 0.3) is 0 Å². The van der Waals surface area contributed by atoms with Crippen molar-refractivity contribution in [3.05, 3.63) is 12.4 Å². The monoisotopic (exact) mass is 354 g/mol. The van der Waals surface area contributed by atoms with Gasteiger partial charge in [0, 0.05) is 58.4 Å². The van der Waals surface area contributed by atoms with E-state index in [-0.39, 0.29) is 5.75 Å². The van der Waals surface area contributed by atoms with Crippen molar-refractivity contribution in [1.82, 2.24) is 19.2 Å². The Kier molecular flexibility index (Phi) is 5.21. The van der Waals surface area contributed by atoms with E-state index < -0.39 is 10.0 Å². The fraction of sp³-hybridized carbons (Fsp3) is 0.733. The molecule has 3 rings (SSSR count). The minimum absolute atomic E-state index is 0.161. The maximum atomic E-state index is 12.0. The minimum atomic E-state index is -3.10. The maximum Gasteiger partial charge on any atom is 0.213 e. The number of aromatic nitrogens is 2. The fourth-order valence-electron chi connectivity index (χ4n) is 3.10. The summed E-state index contributed by atoms with van der Waals surface area (Å²) in [4.78, 5) is 15.5. The first-order chi connectivity index (χ1) is 11.5. The molecule has 0 N–H and O–H groups in total. The molecule has 0 aromatic carbocycles. The minimum Gasteiger partial charge on any atom is -0.354 e. The molecule has 0 amide bonds. The second-order valence-electron chi connectivity index (χ2n) is 6.31. The number of nitrogens with zero attached hydrogens (tertiary/aromatic N) is 6. The molecule has 8 nitrogen and oxygen atoms in total. The van der Waals surface area contributed by atoms with Crippen molar-refractivity contribution in [2.24, 2.45) is 0 Å². The van der Waals surface area contributed by atoms with Crippen LogP contribution >= 0.6 is 0 Å². The highest BCUT2D eigenvalue weighted by molar-refractivity contribution is 7.89. The van der Waals surface area contributed by atoms with Gasteiger partial charge in [-0.05, 0) is 14.0 Å². The quantitative estimate of drug-likeness (QED) is 0.735. The number of anilines is 2. The van der Waals surface area contributed by atoms with E-state index in [4.69, 9.17) is 0 Å². The molecule has 0 unspecified atom stereocenters. The molecule has 134 valence electrons. The Hall–Kier alpha value is -1.45. The molecule has 0 bridgehead atoms. The highest BCUT2D eigenvalue weighted by Crippen LogP contribution is 2.20. The molecule has 1 aromatic rings. The van der Waals surface area contributed by atoms with Crippen LogP contribution in [0, 0.1) is 0 Å². The van der Waals surface area contributed by atoms with Crippen molar-refractivity contribution < 1.29 is 8.42 Å². The zero-order valence-corrected chi connectivity index (χ0v) is 15.2. The van der Waals surface area contributed by atoms with E-state index in [9.17, 15) is 8.42 Å². The van der Waals surface area contributed by atoms with Gasteiger partial charge >= 0.3 is 0 Å². The summed E-state index contributed by atoms with van der Waals surface area (Å²) in [7, 11) is -0.965. The number of likely N-dealkylation sites (N-methyl/N-ethyl adjacent to an activating group) is 1. The zero-order chi connectivity index (χ0) is 17.2. The van der Waals surface area contributed by atoms with Crippen molar-refractivity contribution in [1.29, 1.82) is 0 Å². The van der Waals surface area contributed by atoms with E-state index in [0.717, 1.165) is 37.8 Å². The number of hydrogen-bond acceptors (Lipinski definition) is 7. The summed E-state index contributed by atoms with van der Waals surface area (Å²) in [5, 5.41) is 0. The average molecular weight is 354 g/mol. The third-order valence-electron chi connectivity index (χ3n) is 4.79. The summed E-state index contributed by atoms with van der Waals surface area (Å²) in [5.74, 6) is 2.00. The molecule has 0 spiro atoms. The van der Waals surface area contributed by atoms with Gasteiger partial charge in [0.1, 0.15) is 18.0 Å². The largest absolute Gasteiger partial charge is 0.354 e. The first-order valence-electron chi connectivity index (χ1n) is 8.48. The number of sulfonamides is 1. The van der Waals surface area contributed by atoms with Crippen LogP contribution in [0.5, 0.6) is 0 Å². The van der Waals surface area contributed by atoms with Gasteiger partial charge in [0.2, 0.25) is 10.0 Å².